The Kier molecular flexibility index (Phi) is 6.58. The van der Waals surface area contributed by atoms with E-state index in [0.29, 0.717) is 17.1 Å². The highest BCUT2D eigenvalue weighted by Gasteiger charge is 2.14. The zero-order chi connectivity index (χ0) is 21.7. The molecule has 3 aromatic carbocycles. The van der Waals surface area contributed by atoms with E-state index in [1.54, 1.807) is 36.4 Å². The van der Waals surface area contributed by atoms with Crippen LogP contribution in [0.5, 0.6) is 5.75 Å². The molecule has 3 rings (SSSR count). The van der Waals surface area contributed by atoms with Crippen LogP contribution in [0, 0.1) is 13.8 Å². The van der Waals surface area contributed by atoms with Gasteiger partial charge in [0.15, 0.2) is 6.73 Å². The zero-order valence-electron chi connectivity index (χ0n) is 16.6. The maximum absolute atomic E-state index is 9.20. The molecular formula is C21H24N4O4S. The summed E-state index contributed by atoms with van der Waals surface area (Å²) in [6.45, 7) is 4.08. The van der Waals surface area contributed by atoms with Gasteiger partial charge >= 0.3 is 0 Å². The number of nitrogens with one attached hydrogen (secondary N) is 1. The van der Waals surface area contributed by atoms with Crippen LogP contribution in [0.15, 0.2) is 75.8 Å². The van der Waals surface area contributed by atoms with Gasteiger partial charge in [0.2, 0.25) is 0 Å². The maximum atomic E-state index is 9.20. The van der Waals surface area contributed by atoms with Gasteiger partial charge in [-0.1, -0.05) is 0 Å². The predicted molar refractivity (Wildman–Crippen MR) is 120 cm³/mol. The Balaban J connectivity index is 1.54. The van der Waals surface area contributed by atoms with Crippen molar-refractivity contribution in [2.24, 2.45) is 10.2 Å². The molecule has 3 aromatic rings. The Morgan fingerprint density at radius 3 is 2.20 bits per heavy atom. The lowest BCUT2D eigenvalue weighted by atomic mass is 10.1. The van der Waals surface area contributed by atoms with E-state index in [2.05, 4.69) is 15.5 Å². The zero-order valence-corrected chi connectivity index (χ0v) is 17.4. The van der Waals surface area contributed by atoms with Gasteiger partial charge in [-0.05, 0) is 85.6 Å². The lowest BCUT2D eigenvalue weighted by molar-refractivity contribution is 0.347. The predicted octanol–water partition coefficient (Wildman–Crippen LogP) is 6.33. The standard InChI is InChI=1S/C21H24N4O4S/c1-14-12-21(15(2)11-20(14)22)25-24-17-3-7-18(8-4-17)29-13-23-16-5-9-19(10-6-16)30(26,27)28/h3-12,23,26-28H,13,22H2,1-2H3. The van der Waals surface area contributed by atoms with Crippen LogP contribution in [-0.4, -0.2) is 20.4 Å². The van der Waals surface area contributed by atoms with Crippen molar-refractivity contribution in [1.82, 2.24) is 0 Å². The topological polar surface area (TPSA) is 133 Å². The fourth-order valence-corrected chi connectivity index (χ4v) is 3.11. The SMILES string of the molecule is Cc1cc(N=Nc2ccc(OCNc3ccc(S(O)(O)O)cc3)cc2)c(C)cc1N. The van der Waals surface area contributed by atoms with Gasteiger partial charge in [0.25, 0.3) is 0 Å². The quantitative estimate of drug-likeness (QED) is 0.170. The van der Waals surface area contributed by atoms with Gasteiger partial charge in [0, 0.05) is 11.4 Å². The first-order chi connectivity index (χ1) is 14.2. The van der Waals surface area contributed by atoms with E-state index in [1.807, 2.05) is 26.0 Å². The summed E-state index contributed by atoms with van der Waals surface area (Å²) in [6, 6.07) is 17.1. The number of azo groups is 1. The molecule has 8 nitrogen and oxygen atoms in total. The Bertz CT molecular complexity index is 1030. The van der Waals surface area contributed by atoms with Crippen molar-refractivity contribution in [2.45, 2.75) is 18.7 Å². The van der Waals surface area contributed by atoms with Crippen molar-refractivity contribution < 1.29 is 18.4 Å². The third-order valence-corrected chi connectivity index (χ3v) is 5.28. The number of hydrogen-bond donors (Lipinski definition) is 5. The van der Waals surface area contributed by atoms with Gasteiger partial charge in [-0.2, -0.15) is 10.2 Å². The van der Waals surface area contributed by atoms with E-state index >= 15 is 0 Å². The van der Waals surface area contributed by atoms with E-state index in [-0.39, 0.29) is 11.6 Å². The third-order valence-electron chi connectivity index (χ3n) is 4.38. The summed E-state index contributed by atoms with van der Waals surface area (Å²) in [6.07, 6.45) is 0. The maximum Gasteiger partial charge on any atom is 0.159 e. The Hall–Kier alpha value is -3.11. The van der Waals surface area contributed by atoms with E-state index in [4.69, 9.17) is 10.5 Å². The number of ether oxygens (including phenoxy) is 1. The number of nitrogen functional groups attached to an aromatic ring is 1. The molecule has 158 valence electrons. The van der Waals surface area contributed by atoms with Crippen molar-refractivity contribution in [3.05, 3.63) is 71.8 Å². The van der Waals surface area contributed by atoms with Gasteiger partial charge in [0.1, 0.15) is 16.6 Å². The normalized spacial score (nSPS) is 12.2. The third kappa shape index (κ3) is 5.71. The molecule has 6 N–H and O–H groups in total. The largest absolute Gasteiger partial charge is 0.473 e. The number of hydrogen-bond acceptors (Lipinski definition) is 8. The van der Waals surface area contributed by atoms with Crippen LogP contribution in [0.25, 0.3) is 0 Å². The second-order valence-corrected chi connectivity index (χ2v) is 8.21. The Morgan fingerprint density at radius 2 is 1.57 bits per heavy atom. The summed E-state index contributed by atoms with van der Waals surface area (Å²) in [5, 5.41) is 11.6. The van der Waals surface area contributed by atoms with Gasteiger partial charge in [0.05, 0.1) is 16.3 Å². The monoisotopic (exact) mass is 428 g/mol. The number of anilines is 2. The lowest BCUT2D eigenvalue weighted by Gasteiger charge is -2.19. The molecule has 0 amide bonds. The van der Waals surface area contributed by atoms with Crippen LogP contribution in [0.2, 0.25) is 0 Å². The first kappa shape index (κ1) is 21.6. The van der Waals surface area contributed by atoms with E-state index in [1.165, 1.54) is 12.1 Å². The van der Waals surface area contributed by atoms with Crippen LogP contribution < -0.4 is 15.8 Å². The fraction of sp³-hybridized carbons (Fsp3) is 0.143. The molecule has 0 bridgehead atoms. The number of nitrogens with two attached hydrogens (primary N) is 1. The number of nitrogens with zero attached hydrogens (tertiary/aromatic N) is 2. The summed E-state index contributed by atoms with van der Waals surface area (Å²) in [5.41, 5.74) is 10.7. The minimum absolute atomic E-state index is 0.0584. The summed E-state index contributed by atoms with van der Waals surface area (Å²) in [4.78, 5) is 0.0584. The number of rotatable bonds is 7. The van der Waals surface area contributed by atoms with Crippen molar-refractivity contribution >= 4 is 33.6 Å². The second-order valence-electron chi connectivity index (χ2n) is 6.70. The molecular weight excluding hydrogens is 404 g/mol. The van der Waals surface area contributed by atoms with Crippen LogP contribution in [-0.2, 0) is 0 Å². The minimum atomic E-state index is -3.70. The first-order valence-electron chi connectivity index (χ1n) is 9.08. The minimum Gasteiger partial charge on any atom is -0.473 e. The van der Waals surface area contributed by atoms with Crippen molar-refractivity contribution in [3.8, 4) is 5.75 Å². The molecule has 9 heteroatoms. The summed E-state index contributed by atoms with van der Waals surface area (Å²) >= 11 is 0. The molecule has 0 aliphatic carbocycles. The molecule has 0 aliphatic rings. The molecule has 0 heterocycles. The molecule has 0 aromatic heterocycles. The van der Waals surface area contributed by atoms with Gasteiger partial charge < -0.3 is 29.4 Å². The van der Waals surface area contributed by atoms with E-state index in [9.17, 15) is 13.7 Å². The molecule has 0 unspecified atom stereocenters. The first-order valence-corrected chi connectivity index (χ1v) is 10.6. The smallest absolute Gasteiger partial charge is 0.159 e. The van der Waals surface area contributed by atoms with Crippen LogP contribution in [0.1, 0.15) is 11.1 Å². The van der Waals surface area contributed by atoms with Crippen LogP contribution >= 0.6 is 10.9 Å². The van der Waals surface area contributed by atoms with Crippen LogP contribution in [0.4, 0.5) is 22.7 Å². The summed E-state index contributed by atoms with van der Waals surface area (Å²) in [5.74, 6) is 0.655. The lowest BCUT2D eigenvalue weighted by Crippen LogP contribution is -2.08. The van der Waals surface area contributed by atoms with Crippen molar-refractivity contribution in [1.29, 1.82) is 0 Å². The molecule has 0 aliphatic heterocycles. The van der Waals surface area contributed by atoms with Crippen LogP contribution in [0.3, 0.4) is 0 Å². The molecule has 0 saturated carbocycles. The molecule has 0 atom stereocenters. The average molecular weight is 429 g/mol. The van der Waals surface area contributed by atoms with Gasteiger partial charge in [-0.15, -0.1) is 0 Å². The highest BCUT2D eigenvalue weighted by molar-refractivity contribution is 8.19. The van der Waals surface area contributed by atoms with Gasteiger partial charge in [-0.3, -0.25) is 0 Å². The molecule has 0 saturated heterocycles. The summed E-state index contributed by atoms with van der Waals surface area (Å²) in [7, 11) is -3.70. The fourth-order valence-electron chi connectivity index (χ4n) is 2.61. The molecule has 30 heavy (non-hydrogen) atoms. The molecule has 0 spiro atoms. The van der Waals surface area contributed by atoms with Gasteiger partial charge in [-0.25, -0.2) is 0 Å². The summed E-state index contributed by atoms with van der Waals surface area (Å²) < 4.78 is 33.2. The van der Waals surface area contributed by atoms with Crippen molar-refractivity contribution in [2.75, 3.05) is 17.8 Å². The van der Waals surface area contributed by atoms with Crippen molar-refractivity contribution in [3.63, 3.8) is 0 Å². The highest BCUT2D eigenvalue weighted by atomic mass is 32.3. The Morgan fingerprint density at radius 1 is 0.900 bits per heavy atom. The van der Waals surface area contributed by atoms with E-state index in [0.717, 1.165) is 22.5 Å². The number of aryl methyl sites for hydroxylation is 2. The molecule has 0 radical (unpaired) electrons. The Labute approximate surface area is 176 Å². The number of benzene rings is 3. The average Bonchev–Trinajstić information content (AvgIpc) is 2.70. The molecule has 0 fully saturated rings. The van der Waals surface area contributed by atoms with E-state index < -0.39 is 10.9 Å². The highest BCUT2D eigenvalue weighted by Crippen LogP contribution is 2.43. The second kappa shape index (κ2) is 9.14.